The molecule has 0 aliphatic carbocycles. The Hall–Kier alpha value is -2.98. The van der Waals surface area contributed by atoms with E-state index >= 15 is 0 Å². The van der Waals surface area contributed by atoms with Crippen molar-refractivity contribution in [3.63, 3.8) is 0 Å². The van der Waals surface area contributed by atoms with Crippen LogP contribution < -0.4 is 14.8 Å². The van der Waals surface area contributed by atoms with E-state index in [0.717, 1.165) is 11.1 Å². The number of ether oxygens (including phenoxy) is 1. The van der Waals surface area contributed by atoms with Crippen LogP contribution in [-0.2, 0) is 14.8 Å². The second kappa shape index (κ2) is 8.81. The van der Waals surface area contributed by atoms with E-state index in [1.54, 1.807) is 12.1 Å². The minimum absolute atomic E-state index is 0.122. The zero-order chi connectivity index (χ0) is 20.9. The molecule has 0 spiro atoms. The largest absolute Gasteiger partial charge is 0.495 e. The van der Waals surface area contributed by atoms with Gasteiger partial charge in [-0.3, -0.25) is 14.9 Å². The van der Waals surface area contributed by atoms with Crippen LogP contribution in [0.5, 0.6) is 5.75 Å². The molecule has 0 saturated carbocycles. The third-order valence-electron chi connectivity index (χ3n) is 4.10. The Morgan fingerprint density at radius 3 is 2.46 bits per heavy atom. The molecule has 0 atom stereocenters. The molecule has 1 amide bonds. The van der Waals surface area contributed by atoms with Crippen molar-refractivity contribution in [2.75, 3.05) is 19.0 Å². The first kappa shape index (κ1) is 21.3. The van der Waals surface area contributed by atoms with E-state index in [-0.39, 0.29) is 35.0 Å². The number of nitrogens with zero attached hydrogens (tertiary/aromatic N) is 1. The number of sulfonamides is 1. The summed E-state index contributed by atoms with van der Waals surface area (Å²) in [6.45, 7) is 3.57. The first-order valence-electron chi connectivity index (χ1n) is 8.33. The summed E-state index contributed by atoms with van der Waals surface area (Å²) in [6.07, 6.45) is -0.157. The van der Waals surface area contributed by atoms with Gasteiger partial charge in [-0.1, -0.05) is 6.07 Å². The lowest BCUT2D eigenvalue weighted by Crippen LogP contribution is -2.28. The molecular weight excluding hydrogens is 386 g/mol. The quantitative estimate of drug-likeness (QED) is 0.511. The molecular formula is C18H21N3O6S. The SMILES string of the molecule is COc1ccc([N+](=O)[O-])cc1NC(=O)CCNS(=O)(=O)c1ccc(C)c(C)c1. The number of nitrogens with one attached hydrogen (secondary N) is 2. The van der Waals surface area contributed by atoms with Gasteiger partial charge in [0.2, 0.25) is 15.9 Å². The summed E-state index contributed by atoms with van der Waals surface area (Å²) in [5.74, 6) is -0.253. The number of benzene rings is 2. The molecule has 0 fully saturated rings. The van der Waals surface area contributed by atoms with E-state index in [1.807, 2.05) is 13.8 Å². The van der Waals surface area contributed by atoms with Crippen molar-refractivity contribution < 1.29 is 22.9 Å². The maximum atomic E-state index is 12.3. The van der Waals surface area contributed by atoms with Crippen molar-refractivity contribution in [1.82, 2.24) is 4.72 Å². The second-order valence-electron chi connectivity index (χ2n) is 6.08. The van der Waals surface area contributed by atoms with Gasteiger partial charge in [0.15, 0.2) is 0 Å². The van der Waals surface area contributed by atoms with Crippen molar-refractivity contribution in [2.24, 2.45) is 0 Å². The van der Waals surface area contributed by atoms with Crippen LogP contribution in [0.2, 0.25) is 0 Å². The fourth-order valence-electron chi connectivity index (χ4n) is 2.38. The Morgan fingerprint density at radius 2 is 1.86 bits per heavy atom. The van der Waals surface area contributed by atoms with Crippen LogP contribution in [0.15, 0.2) is 41.3 Å². The molecule has 9 nitrogen and oxygen atoms in total. The normalized spacial score (nSPS) is 11.1. The van der Waals surface area contributed by atoms with Crippen LogP contribution in [0.1, 0.15) is 17.5 Å². The van der Waals surface area contributed by atoms with Crippen LogP contribution >= 0.6 is 0 Å². The first-order chi connectivity index (χ1) is 13.1. The molecule has 2 aromatic carbocycles. The molecule has 0 unspecified atom stereocenters. The predicted octanol–water partition coefficient (Wildman–Crippen LogP) is 2.53. The minimum Gasteiger partial charge on any atom is -0.495 e. The molecule has 10 heteroatoms. The summed E-state index contributed by atoms with van der Waals surface area (Å²) in [5.41, 5.74) is 1.76. The number of nitro groups is 1. The molecule has 0 heterocycles. The van der Waals surface area contributed by atoms with Crippen LogP contribution in [0, 0.1) is 24.0 Å². The van der Waals surface area contributed by atoms with Crippen molar-refractivity contribution in [1.29, 1.82) is 0 Å². The monoisotopic (exact) mass is 407 g/mol. The van der Waals surface area contributed by atoms with E-state index in [9.17, 15) is 23.3 Å². The Kier molecular flexibility index (Phi) is 6.71. The number of anilines is 1. The summed E-state index contributed by atoms with van der Waals surface area (Å²) in [5, 5.41) is 13.4. The minimum atomic E-state index is -3.74. The fourth-order valence-corrected chi connectivity index (χ4v) is 3.50. The third kappa shape index (κ3) is 5.27. The molecule has 2 N–H and O–H groups in total. The van der Waals surface area contributed by atoms with Crippen molar-refractivity contribution >= 4 is 27.3 Å². The van der Waals surface area contributed by atoms with Crippen LogP contribution in [-0.4, -0.2) is 32.9 Å². The zero-order valence-corrected chi connectivity index (χ0v) is 16.5. The topological polar surface area (TPSA) is 128 Å². The number of rotatable bonds is 8. The van der Waals surface area contributed by atoms with Gasteiger partial charge in [-0.2, -0.15) is 0 Å². The smallest absolute Gasteiger partial charge is 0.271 e. The van der Waals surface area contributed by atoms with Crippen LogP contribution in [0.3, 0.4) is 0 Å². The van der Waals surface area contributed by atoms with E-state index in [0.29, 0.717) is 0 Å². The third-order valence-corrected chi connectivity index (χ3v) is 5.56. The number of hydrogen-bond donors (Lipinski definition) is 2. The highest BCUT2D eigenvalue weighted by Gasteiger charge is 2.16. The van der Waals surface area contributed by atoms with Crippen molar-refractivity contribution in [3.8, 4) is 5.75 Å². The molecule has 0 aliphatic rings. The highest BCUT2D eigenvalue weighted by atomic mass is 32.2. The van der Waals surface area contributed by atoms with Gasteiger partial charge in [-0.15, -0.1) is 0 Å². The van der Waals surface area contributed by atoms with Crippen molar-refractivity contribution in [2.45, 2.75) is 25.2 Å². The molecule has 0 bridgehead atoms. The number of carbonyl (C=O) groups is 1. The molecule has 0 saturated heterocycles. The number of nitro benzene ring substituents is 1. The Bertz CT molecular complexity index is 1000. The maximum absolute atomic E-state index is 12.3. The summed E-state index contributed by atoms with van der Waals surface area (Å²) >= 11 is 0. The Labute approximate surface area is 162 Å². The average Bonchev–Trinajstić information content (AvgIpc) is 2.63. The highest BCUT2D eigenvalue weighted by Crippen LogP contribution is 2.28. The average molecular weight is 407 g/mol. The van der Waals surface area contributed by atoms with Gasteiger partial charge in [0.1, 0.15) is 5.75 Å². The van der Waals surface area contributed by atoms with E-state index in [2.05, 4.69) is 10.0 Å². The Morgan fingerprint density at radius 1 is 1.14 bits per heavy atom. The lowest BCUT2D eigenvalue weighted by atomic mass is 10.1. The van der Waals surface area contributed by atoms with Crippen LogP contribution in [0.4, 0.5) is 11.4 Å². The van der Waals surface area contributed by atoms with Gasteiger partial charge >= 0.3 is 0 Å². The summed E-state index contributed by atoms with van der Waals surface area (Å²) in [6, 6.07) is 8.58. The molecule has 2 rings (SSSR count). The molecule has 0 aliphatic heterocycles. The van der Waals surface area contributed by atoms with Crippen molar-refractivity contribution in [3.05, 3.63) is 57.6 Å². The van der Waals surface area contributed by atoms with E-state index in [1.165, 1.54) is 31.4 Å². The lowest BCUT2D eigenvalue weighted by Gasteiger charge is -2.11. The number of hydrogen-bond acceptors (Lipinski definition) is 6. The molecule has 150 valence electrons. The van der Waals surface area contributed by atoms with Gasteiger partial charge in [0.25, 0.3) is 5.69 Å². The predicted molar refractivity (Wildman–Crippen MR) is 104 cm³/mol. The molecule has 2 aromatic rings. The van der Waals surface area contributed by atoms with Gasteiger partial charge < -0.3 is 10.1 Å². The first-order valence-corrected chi connectivity index (χ1v) is 9.81. The number of carbonyl (C=O) groups excluding carboxylic acids is 1. The number of non-ortho nitro benzene ring substituents is 1. The summed E-state index contributed by atoms with van der Waals surface area (Å²) in [4.78, 5) is 22.5. The summed E-state index contributed by atoms with van der Waals surface area (Å²) < 4.78 is 32.1. The molecule has 0 aromatic heterocycles. The number of aryl methyl sites for hydroxylation is 2. The van der Waals surface area contributed by atoms with Crippen LogP contribution in [0.25, 0.3) is 0 Å². The summed E-state index contributed by atoms with van der Waals surface area (Å²) in [7, 11) is -2.37. The standard InChI is InChI=1S/C18H21N3O6S/c1-12-4-6-15(10-13(12)2)28(25,26)19-9-8-18(22)20-16-11-14(21(23)24)5-7-17(16)27-3/h4-7,10-11,19H,8-9H2,1-3H3,(H,20,22). The number of amides is 1. The van der Waals surface area contributed by atoms with E-state index in [4.69, 9.17) is 4.74 Å². The van der Waals surface area contributed by atoms with E-state index < -0.39 is 20.9 Å². The van der Waals surface area contributed by atoms with Gasteiger partial charge in [0, 0.05) is 25.1 Å². The Balaban J connectivity index is 2.00. The van der Waals surface area contributed by atoms with Gasteiger partial charge in [-0.25, -0.2) is 13.1 Å². The molecule has 28 heavy (non-hydrogen) atoms. The lowest BCUT2D eigenvalue weighted by molar-refractivity contribution is -0.384. The maximum Gasteiger partial charge on any atom is 0.271 e. The van der Waals surface area contributed by atoms with Gasteiger partial charge in [-0.05, 0) is 43.2 Å². The number of methoxy groups -OCH3 is 1. The molecule has 0 radical (unpaired) electrons. The highest BCUT2D eigenvalue weighted by molar-refractivity contribution is 7.89. The zero-order valence-electron chi connectivity index (χ0n) is 15.7. The fraction of sp³-hybridized carbons (Fsp3) is 0.278. The second-order valence-corrected chi connectivity index (χ2v) is 7.85. The van der Waals surface area contributed by atoms with Gasteiger partial charge in [0.05, 0.1) is 22.6 Å².